The number of carbonyl (C=O) groups is 6. The second-order valence-corrected chi connectivity index (χ2v) is 8.39. The third-order valence-electron chi connectivity index (χ3n) is 5.19. The summed E-state index contributed by atoms with van der Waals surface area (Å²) in [5.41, 5.74) is 16.7. The monoisotopic (exact) mass is 555 g/mol. The molecule has 216 valence electrons. The number of aromatic amines is 1. The number of H-pyrrole nitrogens is 1. The molecule has 1 rings (SSSR count). The average Bonchev–Trinajstić information content (AvgIpc) is 3.35. The van der Waals surface area contributed by atoms with Crippen molar-refractivity contribution in [2.45, 2.75) is 62.7 Å². The van der Waals surface area contributed by atoms with Crippen LogP contribution in [0.2, 0.25) is 0 Å². The molecule has 18 nitrogen and oxygen atoms in total. The molecule has 3 amide bonds. The van der Waals surface area contributed by atoms with Gasteiger partial charge in [0, 0.05) is 31.3 Å². The van der Waals surface area contributed by atoms with Crippen molar-refractivity contribution in [1.29, 1.82) is 0 Å². The molecule has 1 heterocycles. The standard InChI is InChI=1S/C21H33N9O9/c22-11(2-1-5-26-21(23)24)17(35)28-12(3-4-15(31)32)18(36)29-13(6-10-8-25-9-27-10)19(37)30-14(20(38)39)7-16(33)34/h8-9,11-14H,1-7,22H2,(H,25,27)(H,28,35)(H,29,36)(H,30,37)(H,31,32)(H,33,34)(H,38,39)(H4,23,24,26). The summed E-state index contributed by atoms with van der Waals surface area (Å²) in [7, 11) is 0. The number of hydrogen-bond donors (Lipinski definition) is 10. The van der Waals surface area contributed by atoms with Crippen LogP contribution in [0.4, 0.5) is 0 Å². The van der Waals surface area contributed by atoms with Gasteiger partial charge in [-0.25, -0.2) is 9.78 Å². The first-order chi connectivity index (χ1) is 18.3. The van der Waals surface area contributed by atoms with Gasteiger partial charge in [0.15, 0.2) is 5.96 Å². The van der Waals surface area contributed by atoms with Gasteiger partial charge in [-0.15, -0.1) is 0 Å². The van der Waals surface area contributed by atoms with Gasteiger partial charge in [0.05, 0.1) is 18.8 Å². The number of hydrogen-bond acceptors (Lipinski definition) is 9. The lowest BCUT2D eigenvalue weighted by atomic mass is 10.1. The number of aliphatic imine (C=N–C) groups is 1. The Morgan fingerprint density at radius 2 is 1.51 bits per heavy atom. The summed E-state index contributed by atoms with van der Waals surface area (Å²) in [4.78, 5) is 82.2. The van der Waals surface area contributed by atoms with Crippen LogP contribution in [0.25, 0.3) is 0 Å². The van der Waals surface area contributed by atoms with Gasteiger partial charge >= 0.3 is 17.9 Å². The molecule has 4 atom stereocenters. The minimum atomic E-state index is -1.80. The molecule has 39 heavy (non-hydrogen) atoms. The van der Waals surface area contributed by atoms with E-state index in [1.165, 1.54) is 12.5 Å². The van der Waals surface area contributed by atoms with Gasteiger partial charge in [-0.2, -0.15) is 0 Å². The van der Waals surface area contributed by atoms with Crippen LogP contribution >= 0.6 is 0 Å². The van der Waals surface area contributed by atoms with Crippen LogP contribution in [-0.4, -0.2) is 97.6 Å². The lowest BCUT2D eigenvalue weighted by Gasteiger charge is -2.24. The number of rotatable bonds is 18. The SMILES string of the molecule is NC(N)=NCCCC(N)C(=O)NC(CCC(=O)O)C(=O)NC(Cc1cnc[nH]1)C(=O)NC(CC(=O)O)C(=O)O. The predicted octanol–water partition coefficient (Wildman–Crippen LogP) is -3.79. The number of imidazole rings is 1. The quantitative estimate of drug-likeness (QED) is 0.0472. The zero-order valence-corrected chi connectivity index (χ0v) is 20.8. The molecule has 0 fully saturated rings. The summed E-state index contributed by atoms with van der Waals surface area (Å²) in [6.45, 7) is 0.204. The van der Waals surface area contributed by atoms with Crippen molar-refractivity contribution in [3.63, 3.8) is 0 Å². The molecule has 0 aromatic carbocycles. The molecular formula is C21H33N9O9. The molecule has 0 bridgehead atoms. The predicted molar refractivity (Wildman–Crippen MR) is 133 cm³/mol. The van der Waals surface area contributed by atoms with Crippen molar-refractivity contribution in [2.24, 2.45) is 22.2 Å². The number of guanidine groups is 1. The van der Waals surface area contributed by atoms with Crippen LogP contribution in [0.5, 0.6) is 0 Å². The molecule has 1 aromatic heterocycles. The number of nitrogens with one attached hydrogen (secondary N) is 4. The second kappa shape index (κ2) is 16.2. The minimum absolute atomic E-state index is 0.134. The maximum absolute atomic E-state index is 13.1. The molecule has 18 heteroatoms. The highest BCUT2D eigenvalue weighted by atomic mass is 16.4. The smallest absolute Gasteiger partial charge is 0.326 e. The number of aromatic nitrogens is 2. The average molecular weight is 556 g/mol. The molecule has 0 aliphatic carbocycles. The molecule has 13 N–H and O–H groups in total. The first kappa shape index (κ1) is 32.3. The maximum Gasteiger partial charge on any atom is 0.326 e. The van der Waals surface area contributed by atoms with Crippen molar-refractivity contribution >= 4 is 41.6 Å². The van der Waals surface area contributed by atoms with Gasteiger partial charge in [0.1, 0.15) is 18.1 Å². The molecule has 0 saturated carbocycles. The van der Waals surface area contributed by atoms with E-state index < -0.39 is 72.6 Å². The van der Waals surface area contributed by atoms with Gasteiger partial charge in [0.25, 0.3) is 0 Å². The highest BCUT2D eigenvalue weighted by Gasteiger charge is 2.31. The Morgan fingerprint density at radius 1 is 0.897 bits per heavy atom. The Balaban J connectivity index is 3.03. The van der Waals surface area contributed by atoms with E-state index >= 15 is 0 Å². The Labute approximate surface area is 221 Å². The third-order valence-corrected chi connectivity index (χ3v) is 5.19. The molecule has 1 aromatic rings. The maximum atomic E-state index is 13.1. The Hall–Kier alpha value is -4.74. The van der Waals surface area contributed by atoms with E-state index in [0.717, 1.165) is 0 Å². The summed E-state index contributed by atoms with van der Waals surface area (Å²) < 4.78 is 0. The van der Waals surface area contributed by atoms with E-state index in [1.807, 2.05) is 0 Å². The largest absolute Gasteiger partial charge is 0.481 e. The zero-order chi connectivity index (χ0) is 29.5. The summed E-state index contributed by atoms with van der Waals surface area (Å²) in [6.07, 6.45) is 1.08. The first-order valence-corrected chi connectivity index (χ1v) is 11.7. The van der Waals surface area contributed by atoms with Crippen LogP contribution in [-0.2, 0) is 35.2 Å². The normalized spacial score (nSPS) is 13.7. The fourth-order valence-corrected chi connectivity index (χ4v) is 3.21. The lowest BCUT2D eigenvalue weighted by Crippen LogP contribution is -2.57. The van der Waals surface area contributed by atoms with Crippen molar-refractivity contribution in [3.05, 3.63) is 18.2 Å². The van der Waals surface area contributed by atoms with Crippen LogP contribution in [0.15, 0.2) is 17.5 Å². The summed E-state index contributed by atoms with van der Waals surface area (Å²) in [6, 6.07) is -5.76. The van der Waals surface area contributed by atoms with Crippen molar-refractivity contribution in [2.75, 3.05) is 6.54 Å². The highest BCUT2D eigenvalue weighted by Crippen LogP contribution is 2.06. The van der Waals surface area contributed by atoms with Crippen molar-refractivity contribution in [1.82, 2.24) is 25.9 Å². The van der Waals surface area contributed by atoms with Crippen molar-refractivity contribution < 1.29 is 44.1 Å². The van der Waals surface area contributed by atoms with E-state index in [4.69, 9.17) is 27.4 Å². The van der Waals surface area contributed by atoms with Crippen LogP contribution < -0.4 is 33.2 Å². The zero-order valence-electron chi connectivity index (χ0n) is 20.8. The molecule has 4 unspecified atom stereocenters. The molecule has 0 saturated heterocycles. The number of amides is 3. The number of nitrogens with zero attached hydrogens (tertiary/aromatic N) is 2. The molecule has 0 spiro atoms. The van der Waals surface area contributed by atoms with E-state index in [0.29, 0.717) is 12.1 Å². The number of aliphatic carboxylic acids is 3. The highest BCUT2D eigenvalue weighted by molar-refractivity contribution is 5.95. The first-order valence-electron chi connectivity index (χ1n) is 11.7. The van der Waals surface area contributed by atoms with E-state index in [9.17, 15) is 33.9 Å². The van der Waals surface area contributed by atoms with Crippen LogP contribution in [0, 0.1) is 0 Å². The van der Waals surface area contributed by atoms with Gasteiger partial charge in [-0.3, -0.25) is 29.0 Å². The Bertz CT molecular complexity index is 1040. The van der Waals surface area contributed by atoms with Gasteiger partial charge < -0.3 is 53.5 Å². The second-order valence-electron chi connectivity index (χ2n) is 8.39. The fourth-order valence-electron chi connectivity index (χ4n) is 3.21. The van der Waals surface area contributed by atoms with E-state index in [2.05, 4.69) is 30.9 Å². The summed E-state index contributed by atoms with van der Waals surface area (Å²) in [5, 5.41) is 34.0. The molecule has 0 aliphatic rings. The topological polar surface area (TPSA) is 318 Å². The lowest BCUT2D eigenvalue weighted by molar-refractivity contribution is -0.147. The van der Waals surface area contributed by atoms with Crippen LogP contribution in [0.3, 0.4) is 0 Å². The van der Waals surface area contributed by atoms with Gasteiger partial charge in [-0.1, -0.05) is 0 Å². The van der Waals surface area contributed by atoms with E-state index in [-0.39, 0.29) is 31.8 Å². The number of carboxylic acids is 3. The van der Waals surface area contributed by atoms with Crippen LogP contribution in [0.1, 0.15) is 37.8 Å². The van der Waals surface area contributed by atoms with Gasteiger partial charge in [0.2, 0.25) is 17.7 Å². The summed E-state index contributed by atoms with van der Waals surface area (Å²) >= 11 is 0. The Morgan fingerprint density at radius 3 is 2.05 bits per heavy atom. The minimum Gasteiger partial charge on any atom is -0.481 e. The summed E-state index contributed by atoms with van der Waals surface area (Å²) in [5.74, 6) is -7.25. The molecular weight excluding hydrogens is 522 g/mol. The third kappa shape index (κ3) is 12.9. The molecule has 0 radical (unpaired) electrons. The van der Waals surface area contributed by atoms with Gasteiger partial charge in [-0.05, 0) is 19.3 Å². The number of nitrogens with two attached hydrogens (primary N) is 3. The Kier molecular flexibility index (Phi) is 13.4. The number of carbonyl (C=O) groups excluding carboxylic acids is 3. The van der Waals surface area contributed by atoms with Crippen molar-refractivity contribution in [3.8, 4) is 0 Å². The number of carboxylic acid groups (broad SMARTS) is 3. The van der Waals surface area contributed by atoms with E-state index in [1.54, 1.807) is 0 Å². The molecule has 0 aliphatic heterocycles. The fraction of sp³-hybridized carbons (Fsp3) is 0.524.